The highest BCUT2D eigenvalue weighted by Gasteiger charge is 2.51. The molecule has 3 aromatic rings. The number of carbonyl (C=O) groups excluding carboxylic acids is 3. The number of anilines is 1. The van der Waals surface area contributed by atoms with Gasteiger partial charge in [-0.1, -0.05) is 53.5 Å². The predicted molar refractivity (Wildman–Crippen MR) is 124 cm³/mol. The number of benzene rings is 3. The molecular formula is C24H19Cl2N3O3. The van der Waals surface area contributed by atoms with Crippen LogP contribution in [0.5, 0.6) is 0 Å². The smallest absolute Gasteiger partial charge is 0.259 e. The maximum absolute atomic E-state index is 13.4. The van der Waals surface area contributed by atoms with E-state index in [1.54, 1.807) is 61.6 Å². The second-order valence-corrected chi connectivity index (χ2v) is 8.32. The summed E-state index contributed by atoms with van der Waals surface area (Å²) in [6.45, 7) is -0.148. The van der Waals surface area contributed by atoms with Crippen molar-refractivity contribution in [3.05, 3.63) is 99.5 Å². The molecule has 2 N–H and O–H groups in total. The van der Waals surface area contributed by atoms with Crippen molar-refractivity contribution in [2.45, 2.75) is 5.54 Å². The van der Waals surface area contributed by atoms with Crippen LogP contribution in [0.2, 0.25) is 10.0 Å². The van der Waals surface area contributed by atoms with Crippen LogP contribution in [0.25, 0.3) is 0 Å². The SMILES string of the molecule is CN1C(=O)C(CNC(=O)c2cccc(Cl)c2)(NC(=O)c2cccc(Cl)c2)c2ccccc21. The van der Waals surface area contributed by atoms with Gasteiger partial charge in [0.25, 0.3) is 17.7 Å². The molecule has 8 heteroatoms. The molecule has 3 amide bonds. The molecule has 1 atom stereocenters. The number of hydrogen-bond acceptors (Lipinski definition) is 3. The zero-order valence-electron chi connectivity index (χ0n) is 17.1. The lowest BCUT2D eigenvalue weighted by Gasteiger charge is -2.30. The Morgan fingerprint density at radius 3 is 2.09 bits per heavy atom. The molecule has 0 saturated heterocycles. The summed E-state index contributed by atoms with van der Waals surface area (Å²) < 4.78 is 0. The van der Waals surface area contributed by atoms with Gasteiger partial charge in [-0.25, -0.2) is 0 Å². The largest absolute Gasteiger partial charge is 0.349 e. The van der Waals surface area contributed by atoms with E-state index in [1.807, 2.05) is 6.07 Å². The van der Waals surface area contributed by atoms with Crippen molar-refractivity contribution in [2.75, 3.05) is 18.5 Å². The number of nitrogens with zero attached hydrogens (tertiary/aromatic N) is 1. The van der Waals surface area contributed by atoms with Crippen molar-refractivity contribution in [3.8, 4) is 0 Å². The molecule has 0 spiro atoms. The Bertz CT molecular complexity index is 1230. The van der Waals surface area contributed by atoms with Crippen LogP contribution in [0.4, 0.5) is 5.69 Å². The van der Waals surface area contributed by atoms with Crippen molar-refractivity contribution in [1.29, 1.82) is 0 Å². The van der Waals surface area contributed by atoms with Crippen LogP contribution in [0, 0.1) is 0 Å². The number of rotatable bonds is 5. The van der Waals surface area contributed by atoms with Crippen molar-refractivity contribution in [3.63, 3.8) is 0 Å². The van der Waals surface area contributed by atoms with Crippen LogP contribution < -0.4 is 15.5 Å². The van der Waals surface area contributed by atoms with E-state index in [0.29, 0.717) is 32.4 Å². The summed E-state index contributed by atoms with van der Waals surface area (Å²) >= 11 is 12.0. The first kappa shape index (κ1) is 21.9. The van der Waals surface area contributed by atoms with E-state index in [0.717, 1.165) is 0 Å². The van der Waals surface area contributed by atoms with Crippen molar-refractivity contribution in [1.82, 2.24) is 10.6 Å². The summed E-state index contributed by atoms with van der Waals surface area (Å²) in [5, 5.41) is 6.46. The van der Waals surface area contributed by atoms with Gasteiger partial charge < -0.3 is 15.5 Å². The topological polar surface area (TPSA) is 78.5 Å². The lowest BCUT2D eigenvalue weighted by Crippen LogP contribution is -2.58. The highest BCUT2D eigenvalue weighted by atomic mass is 35.5. The number of amides is 3. The Balaban J connectivity index is 1.70. The van der Waals surface area contributed by atoms with E-state index in [4.69, 9.17) is 23.2 Å². The van der Waals surface area contributed by atoms with E-state index in [-0.39, 0.29) is 12.5 Å². The molecule has 0 aromatic heterocycles. The van der Waals surface area contributed by atoms with Crippen LogP contribution in [0.3, 0.4) is 0 Å². The lowest BCUT2D eigenvalue weighted by molar-refractivity contribution is -0.123. The summed E-state index contributed by atoms with van der Waals surface area (Å²) in [5.41, 5.74) is 0.410. The average Bonchev–Trinajstić information content (AvgIpc) is 3.00. The number of fused-ring (bicyclic) bond motifs is 1. The minimum Gasteiger partial charge on any atom is -0.349 e. The molecule has 0 saturated carbocycles. The van der Waals surface area contributed by atoms with Gasteiger partial charge in [-0.05, 0) is 42.5 Å². The first-order chi connectivity index (χ1) is 15.3. The van der Waals surface area contributed by atoms with E-state index in [1.165, 1.54) is 17.0 Å². The summed E-state index contributed by atoms with van der Waals surface area (Å²) in [4.78, 5) is 40.8. The van der Waals surface area contributed by atoms with Gasteiger partial charge in [0.2, 0.25) is 0 Å². The number of carbonyl (C=O) groups is 3. The fraction of sp³-hybridized carbons (Fsp3) is 0.125. The minimum atomic E-state index is -1.49. The van der Waals surface area contributed by atoms with Crippen molar-refractivity contribution >= 4 is 46.6 Å². The van der Waals surface area contributed by atoms with Crippen LogP contribution in [-0.4, -0.2) is 31.3 Å². The molecule has 0 fully saturated rings. The van der Waals surface area contributed by atoms with Gasteiger partial charge in [0.05, 0.1) is 6.54 Å². The average molecular weight is 468 g/mol. The number of para-hydroxylation sites is 1. The third-order valence-electron chi connectivity index (χ3n) is 5.41. The van der Waals surface area contributed by atoms with Crippen LogP contribution >= 0.6 is 23.2 Å². The van der Waals surface area contributed by atoms with Crippen LogP contribution in [0.15, 0.2) is 72.8 Å². The normalized spacial score (nSPS) is 17.1. The third kappa shape index (κ3) is 3.95. The summed E-state index contributed by atoms with van der Waals surface area (Å²) in [7, 11) is 1.63. The maximum atomic E-state index is 13.4. The van der Waals surface area contributed by atoms with Gasteiger partial charge in [0.1, 0.15) is 0 Å². The predicted octanol–water partition coefficient (Wildman–Crippen LogP) is 4.03. The second-order valence-electron chi connectivity index (χ2n) is 7.44. The first-order valence-electron chi connectivity index (χ1n) is 9.81. The molecule has 1 heterocycles. The summed E-state index contributed by atoms with van der Waals surface area (Å²) in [5.74, 6) is -1.26. The third-order valence-corrected chi connectivity index (χ3v) is 5.88. The van der Waals surface area contributed by atoms with Gasteiger partial charge in [-0.15, -0.1) is 0 Å². The molecule has 4 rings (SSSR count). The second kappa shape index (κ2) is 8.65. The Morgan fingerprint density at radius 1 is 0.875 bits per heavy atom. The van der Waals surface area contributed by atoms with Crippen LogP contribution in [-0.2, 0) is 10.3 Å². The van der Waals surface area contributed by atoms with Gasteiger partial charge >= 0.3 is 0 Å². The Labute approximate surface area is 195 Å². The Hall–Kier alpha value is -3.35. The molecule has 1 unspecified atom stereocenters. The number of nitrogens with one attached hydrogen (secondary N) is 2. The molecule has 0 aliphatic carbocycles. The fourth-order valence-corrected chi connectivity index (χ4v) is 4.19. The lowest BCUT2D eigenvalue weighted by atomic mass is 9.90. The first-order valence-corrected chi connectivity index (χ1v) is 10.6. The molecule has 3 aromatic carbocycles. The maximum Gasteiger partial charge on any atom is 0.259 e. The highest BCUT2D eigenvalue weighted by molar-refractivity contribution is 6.31. The monoisotopic (exact) mass is 467 g/mol. The fourth-order valence-electron chi connectivity index (χ4n) is 3.81. The van der Waals surface area contributed by atoms with Crippen molar-refractivity contribution in [2.24, 2.45) is 0 Å². The highest BCUT2D eigenvalue weighted by Crippen LogP contribution is 2.39. The standard InChI is InChI=1S/C24H19Cl2N3O3/c1-29-20-11-3-2-10-19(20)24(23(29)32,28-22(31)16-7-5-9-18(26)13-16)14-27-21(30)15-6-4-8-17(25)12-15/h2-13H,14H2,1H3,(H,27,30)(H,28,31). The molecule has 0 bridgehead atoms. The number of halogens is 2. The van der Waals surface area contributed by atoms with E-state index >= 15 is 0 Å². The summed E-state index contributed by atoms with van der Waals surface area (Å²) in [6.07, 6.45) is 0. The van der Waals surface area contributed by atoms with Crippen LogP contribution in [0.1, 0.15) is 26.3 Å². The van der Waals surface area contributed by atoms with E-state index in [9.17, 15) is 14.4 Å². The molecule has 1 aliphatic heterocycles. The number of hydrogen-bond donors (Lipinski definition) is 2. The molecule has 162 valence electrons. The minimum absolute atomic E-state index is 0.148. The van der Waals surface area contributed by atoms with E-state index < -0.39 is 17.4 Å². The van der Waals surface area contributed by atoms with Gasteiger partial charge in [0.15, 0.2) is 5.54 Å². The van der Waals surface area contributed by atoms with Gasteiger partial charge in [-0.3, -0.25) is 14.4 Å². The molecule has 32 heavy (non-hydrogen) atoms. The Morgan fingerprint density at radius 2 is 1.47 bits per heavy atom. The molecule has 6 nitrogen and oxygen atoms in total. The zero-order valence-corrected chi connectivity index (χ0v) is 18.6. The van der Waals surface area contributed by atoms with Crippen molar-refractivity contribution < 1.29 is 14.4 Å². The number of likely N-dealkylation sites (N-methyl/N-ethyl adjacent to an activating group) is 1. The molecular weight excluding hydrogens is 449 g/mol. The quantitative estimate of drug-likeness (QED) is 0.594. The molecule has 1 aliphatic rings. The summed E-state index contributed by atoms with van der Waals surface area (Å²) in [6, 6.07) is 20.1. The van der Waals surface area contributed by atoms with Gasteiger partial charge in [0, 0.05) is 39.5 Å². The van der Waals surface area contributed by atoms with E-state index in [2.05, 4.69) is 10.6 Å². The molecule has 0 radical (unpaired) electrons. The zero-order chi connectivity index (χ0) is 22.9. The Kier molecular flexibility index (Phi) is 5.91. The van der Waals surface area contributed by atoms with Gasteiger partial charge in [-0.2, -0.15) is 0 Å².